The molecule has 0 bridgehead atoms. The molecule has 5 rings (SSSR count). The molecule has 1 aliphatic rings. The Labute approximate surface area is 152 Å². The number of anilines is 2. The summed E-state index contributed by atoms with van der Waals surface area (Å²) in [4.78, 5) is 4.93. The Morgan fingerprint density at radius 3 is 1.50 bits per heavy atom. The topological polar surface area (TPSA) is 42.1 Å². The Balaban J connectivity index is 1.34. The van der Waals surface area contributed by atoms with Crippen LogP contribution in [0.2, 0.25) is 0 Å². The van der Waals surface area contributed by atoms with Gasteiger partial charge in [-0.1, -0.05) is 0 Å². The quantitative estimate of drug-likeness (QED) is 0.560. The second-order valence-corrected chi connectivity index (χ2v) is 7.00. The van der Waals surface area contributed by atoms with Gasteiger partial charge in [0.05, 0.1) is 23.4 Å². The standard InChI is InChI=1S/C20H22N6/c1-23-19-5-3-17(11-15(19)13-21-23)25-7-9-26(10-8-25)18-4-6-20-16(12-18)14-22-24(20)2/h3-6,11-14H,7-10H2,1-2H3. The fourth-order valence-electron chi connectivity index (χ4n) is 3.92. The van der Waals surface area contributed by atoms with E-state index in [0.717, 1.165) is 26.2 Å². The number of piperazine rings is 1. The smallest absolute Gasteiger partial charge is 0.0680 e. The zero-order valence-electron chi connectivity index (χ0n) is 15.1. The molecule has 132 valence electrons. The number of benzene rings is 2. The van der Waals surface area contributed by atoms with Gasteiger partial charge in [0.1, 0.15) is 0 Å². The molecule has 0 atom stereocenters. The largest absolute Gasteiger partial charge is 0.368 e. The van der Waals surface area contributed by atoms with E-state index in [9.17, 15) is 0 Å². The summed E-state index contributed by atoms with van der Waals surface area (Å²) in [5.41, 5.74) is 4.93. The first-order valence-electron chi connectivity index (χ1n) is 9.02. The van der Waals surface area contributed by atoms with E-state index in [1.54, 1.807) is 0 Å². The predicted octanol–water partition coefficient (Wildman–Crippen LogP) is 2.79. The summed E-state index contributed by atoms with van der Waals surface area (Å²) in [6.07, 6.45) is 3.89. The minimum Gasteiger partial charge on any atom is -0.368 e. The summed E-state index contributed by atoms with van der Waals surface area (Å²) < 4.78 is 3.84. The van der Waals surface area contributed by atoms with Gasteiger partial charge in [-0.15, -0.1) is 0 Å². The molecule has 2 aromatic carbocycles. The van der Waals surface area contributed by atoms with Crippen LogP contribution in [0.4, 0.5) is 11.4 Å². The van der Waals surface area contributed by atoms with Crippen molar-refractivity contribution >= 4 is 33.2 Å². The van der Waals surface area contributed by atoms with Crippen LogP contribution in [-0.4, -0.2) is 45.7 Å². The number of fused-ring (bicyclic) bond motifs is 2. The van der Waals surface area contributed by atoms with Crippen LogP contribution in [0.5, 0.6) is 0 Å². The predicted molar refractivity (Wildman–Crippen MR) is 106 cm³/mol. The molecule has 0 radical (unpaired) electrons. The van der Waals surface area contributed by atoms with E-state index >= 15 is 0 Å². The van der Waals surface area contributed by atoms with Crippen molar-refractivity contribution in [3.63, 3.8) is 0 Å². The molecular weight excluding hydrogens is 324 g/mol. The van der Waals surface area contributed by atoms with E-state index < -0.39 is 0 Å². The third-order valence-electron chi connectivity index (χ3n) is 5.47. The van der Waals surface area contributed by atoms with Crippen molar-refractivity contribution in [1.82, 2.24) is 19.6 Å². The van der Waals surface area contributed by atoms with Crippen LogP contribution in [0, 0.1) is 0 Å². The third kappa shape index (κ3) is 2.41. The van der Waals surface area contributed by atoms with Crippen LogP contribution in [-0.2, 0) is 14.1 Å². The van der Waals surface area contributed by atoms with Crippen molar-refractivity contribution in [2.24, 2.45) is 14.1 Å². The van der Waals surface area contributed by atoms with Gasteiger partial charge in [-0.05, 0) is 36.4 Å². The molecule has 0 N–H and O–H groups in total. The van der Waals surface area contributed by atoms with Crippen LogP contribution < -0.4 is 9.80 Å². The van der Waals surface area contributed by atoms with Gasteiger partial charge in [-0.3, -0.25) is 9.36 Å². The van der Waals surface area contributed by atoms with Crippen molar-refractivity contribution < 1.29 is 0 Å². The molecule has 0 spiro atoms. The van der Waals surface area contributed by atoms with Crippen LogP contribution in [0.15, 0.2) is 48.8 Å². The average molecular weight is 346 g/mol. The number of rotatable bonds is 2. The molecule has 2 aromatic heterocycles. The van der Waals surface area contributed by atoms with Crippen molar-refractivity contribution in [3.05, 3.63) is 48.8 Å². The summed E-state index contributed by atoms with van der Waals surface area (Å²) >= 11 is 0. The Morgan fingerprint density at radius 1 is 0.654 bits per heavy atom. The number of aryl methyl sites for hydroxylation is 2. The molecular formula is C20H22N6. The lowest BCUT2D eigenvalue weighted by atomic mass is 10.1. The molecule has 6 heteroatoms. The minimum atomic E-state index is 1.02. The minimum absolute atomic E-state index is 1.02. The molecule has 1 aliphatic heterocycles. The number of nitrogens with zero attached hydrogens (tertiary/aromatic N) is 6. The second kappa shape index (κ2) is 5.76. The van der Waals surface area contributed by atoms with Crippen molar-refractivity contribution in [3.8, 4) is 0 Å². The highest BCUT2D eigenvalue weighted by molar-refractivity contribution is 5.83. The summed E-state index contributed by atoms with van der Waals surface area (Å²) in [6, 6.07) is 13.3. The van der Waals surface area contributed by atoms with Gasteiger partial charge in [0.15, 0.2) is 0 Å². The molecule has 6 nitrogen and oxygen atoms in total. The first kappa shape index (κ1) is 15.3. The summed E-state index contributed by atoms with van der Waals surface area (Å²) in [5, 5.41) is 11.1. The van der Waals surface area contributed by atoms with E-state index in [0.29, 0.717) is 0 Å². The highest BCUT2D eigenvalue weighted by atomic mass is 15.3. The molecule has 0 aliphatic carbocycles. The normalized spacial score (nSPS) is 15.3. The molecule has 1 fully saturated rings. The third-order valence-corrected chi connectivity index (χ3v) is 5.47. The molecule has 1 saturated heterocycles. The van der Waals surface area contributed by atoms with Gasteiger partial charge in [0.25, 0.3) is 0 Å². The van der Waals surface area contributed by atoms with E-state index in [1.807, 2.05) is 35.9 Å². The van der Waals surface area contributed by atoms with Gasteiger partial charge in [-0.2, -0.15) is 10.2 Å². The van der Waals surface area contributed by atoms with Crippen LogP contribution >= 0.6 is 0 Å². The van der Waals surface area contributed by atoms with E-state index in [2.05, 4.69) is 56.4 Å². The zero-order valence-corrected chi connectivity index (χ0v) is 15.1. The lowest BCUT2D eigenvalue weighted by Gasteiger charge is -2.37. The Kier molecular flexibility index (Phi) is 3.38. The molecule has 4 aromatic rings. The fraction of sp³-hybridized carbons (Fsp3) is 0.300. The molecule has 0 saturated carbocycles. The van der Waals surface area contributed by atoms with Crippen molar-refractivity contribution in [2.75, 3.05) is 36.0 Å². The number of hydrogen-bond donors (Lipinski definition) is 0. The second-order valence-electron chi connectivity index (χ2n) is 7.00. The maximum atomic E-state index is 4.34. The molecule has 0 unspecified atom stereocenters. The van der Waals surface area contributed by atoms with Gasteiger partial charge < -0.3 is 9.80 Å². The monoisotopic (exact) mass is 346 g/mol. The first-order chi connectivity index (χ1) is 12.7. The SMILES string of the molecule is Cn1ncc2cc(N3CCN(c4ccc5c(cnn5C)c4)CC3)ccc21. The Hall–Kier alpha value is -3.02. The van der Waals surface area contributed by atoms with Gasteiger partial charge >= 0.3 is 0 Å². The average Bonchev–Trinajstić information content (AvgIpc) is 3.24. The Morgan fingerprint density at radius 2 is 1.08 bits per heavy atom. The number of hydrogen-bond acceptors (Lipinski definition) is 4. The summed E-state index contributed by atoms with van der Waals surface area (Å²) in [5.74, 6) is 0. The lowest BCUT2D eigenvalue weighted by Crippen LogP contribution is -2.46. The van der Waals surface area contributed by atoms with E-state index in [-0.39, 0.29) is 0 Å². The summed E-state index contributed by atoms with van der Waals surface area (Å²) in [7, 11) is 3.97. The molecule has 26 heavy (non-hydrogen) atoms. The molecule has 3 heterocycles. The maximum Gasteiger partial charge on any atom is 0.0680 e. The fourth-order valence-corrected chi connectivity index (χ4v) is 3.92. The van der Waals surface area contributed by atoms with Crippen LogP contribution in [0.1, 0.15) is 0 Å². The molecule has 0 amide bonds. The van der Waals surface area contributed by atoms with E-state index in [4.69, 9.17) is 0 Å². The number of aromatic nitrogens is 4. The first-order valence-corrected chi connectivity index (χ1v) is 9.02. The zero-order chi connectivity index (χ0) is 17.7. The van der Waals surface area contributed by atoms with Gasteiger partial charge in [0.2, 0.25) is 0 Å². The lowest BCUT2D eigenvalue weighted by molar-refractivity contribution is 0.654. The highest BCUT2D eigenvalue weighted by Gasteiger charge is 2.18. The van der Waals surface area contributed by atoms with E-state index in [1.165, 1.54) is 33.2 Å². The van der Waals surface area contributed by atoms with Crippen molar-refractivity contribution in [2.45, 2.75) is 0 Å². The van der Waals surface area contributed by atoms with Gasteiger partial charge in [-0.25, -0.2) is 0 Å². The maximum absolute atomic E-state index is 4.34. The summed E-state index contributed by atoms with van der Waals surface area (Å²) in [6.45, 7) is 4.10. The van der Waals surface area contributed by atoms with Crippen LogP contribution in [0.3, 0.4) is 0 Å². The Bertz CT molecular complexity index is 996. The van der Waals surface area contributed by atoms with Gasteiger partial charge in [0, 0.05) is 62.4 Å². The van der Waals surface area contributed by atoms with Crippen LogP contribution in [0.25, 0.3) is 21.8 Å². The highest BCUT2D eigenvalue weighted by Crippen LogP contribution is 2.26. The van der Waals surface area contributed by atoms with Crippen molar-refractivity contribution in [1.29, 1.82) is 0 Å².